The van der Waals surface area contributed by atoms with Crippen LogP contribution in [-0.4, -0.2) is 39.4 Å². The van der Waals surface area contributed by atoms with Crippen LogP contribution in [0.4, 0.5) is 0 Å². The monoisotopic (exact) mass is 193 g/mol. The predicted molar refractivity (Wildman–Crippen MR) is 45.2 cm³/mol. The summed E-state index contributed by atoms with van der Waals surface area (Å²) in [6, 6.07) is -1.29. The summed E-state index contributed by atoms with van der Waals surface area (Å²) in [6.07, 6.45) is -0.699. The van der Waals surface area contributed by atoms with Gasteiger partial charge in [0.2, 0.25) is 0 Å². The number of aliphatic hydroxyl groups is 1. The molecule has 0 aliphatic heterocycles. The Bertz CT molecular complexity index is 166. The highest BCUT2D eigenvalue weighted by Crippen LogP contribution is 1.86. The number of carbonyl (C=O) groups is 2. The minimum Gasteiger partial charge on any atom is -0.481 e. The molecular formula is C7H15NO5. The number of rotatable bonds is 3. The third kappa shape index (κ3) is 18.1. The van der Waals surface area contributed by atoms with E-state index in [1.165, 1.54) is 0 Å². The van der Waals surface area contributed by atoms with Crippen LogP contribution in [0.25, 0.3) is 0 Å². The molecule has 6 heteroatoms. The van der Waals surface area contributed by atoms with Crippen LogP contribution in [-0.2, 0) is 9.59 Å². The molecule has 0 unspecified atom stereocenters. The van der Waals surface area contributed by atoms with Crippen molar-refractivity contribution in [3.05, 3.63) is 0 Å². The molecule has 0 saturated heterocycles. The topological polar surface area (TPSA) is 121 Å². The fraction of sp³-hybridized carbons (Fsp3) is 0.714. The first-order chi connectivity index (χ1) is 5.77. The number of aliphatic carboxylic acids is 2. The van der Waals surface area contributed by atoms with Gasteiger partial charge in [0.05, 0.1) is 6.42 Å². The molecule has 0 spiro atoms. The van der Waals surface area contributed by atoms with Crippen molar-refractivity contribution < 1.29 is 24.9 Å². The molecule has 0 amide bonds. The Morgan fingerprint density at radius 2 is 1.62 bits per heavy atom. The fourth-order valence-corrected chi connectivity index (χ4v) is 0.275. The van der Waals surface area contributed by atoms with Gasteiger partial charge in [0.15, 0.2) is 0 Å². The van der Waals surface area contributed by atoms with Crippen LogP contribution in [0, 0.1) is 0 Å². The van der Waals surface area contributed by atoms with E-state index < -0.39 is 24.4 Å². The third-order valence-electron chi connectivity index (χ3n) is 0.712. The summed E-state index contributed by atoms with van der Waals surface area (Å²) >= 11 is 0. The Morgan fingerprint density at radius 1 is 1.31 bits per heavy atom. The lowest BCUT2D eigenvalue weighted by Crippen LogP contribution is -2.32. The van der Waals surface area contributed by atoms with Crippen LogP contribution in [0.3, 0.4) is 0 Å². The van der Waals surface area contributed by atoms with Crippen molar-refractivity contribution in [3.8, 4) is 0 Å². The van der Waals surface area contributed by atoms with Gasteiger partial charge in [0, 0.05) is 6.10 Å². The first-order valence-corrected chi connectivity index (χ1v) is 3.65. The van der Waals surface area contributed by atoms with E-state index in [-0.39, 0.29) is 6.10 Å². The van der Waals surface area contributed by atoms with Gasteiger partial charge in [-0.05, 0) is 13.8 Å². The maximum Gasteiger partial charge on any atom is 0.321 e. The molecule has 6 nitrogen and oxygen atoms in total. The molecule has 0 bridgehead atoms. The first kappa shape index (κ1) is 14.4. The normalized spacial score (nSPS) is 11.5. The van der Waals surface area contributed by atoms with E-state index in [1.54, 1.807) is 13.8 Å². The Morgan fingerprint density at radius 3 is 1.69 bits per heavy atom. The van der Waals surface area contributed by atoms with Gasteiger partial charge in [-0.1, -0.05) is 0 Å². The SMILES string of the molecule is CC(C)O.N[C@H](CC(=O)O)C(=O)O. The average Bonchev–Trinajstić information content (AvgIpc) is 1.83. The Hall–Kier alpha value is -1.14. The standard InChI is InChI=1S/C4H7NO4.C3H8O/c5-2(4(8)9)1-3(6)7;1-3(2)4/h2H,1,5H2,(H,6,7)(H,8,9);3-4H,1-2H3/t2-;/m1./s1. The Labute approximate surface area is 76.0 Å². The van der Waals surface area contributed by atoms with E-state index in [1.807, 2.05) is 0 Å². The van der Waals surface area contributed by atoms with Crippen molar-refractivity contribution in [1.82, 2.24) is 0 Å². The fourth-order valence-electron chi connectivity index (χ4n) is 0.275. The number of carboxylic acid groups (broad SMARTS) is 2. The van der Waals surface area contributed by atoms with E-state index in [4.69, 9.17) is 21.1 Å². The molecule has 78 valence electrons. The zero-order chi connectivity index (χ0) is 11.0. The van der Waals surface area contributed by atoms with Gasteiger partial charge in [-0.25, -0.2) is 0 Å². The van der Waals surface area contributed by atoms with E-state index in [2.05, 4.69) is 0 Å². The molecule has 0 radical (unpaired) electrons. The molecule has 0 aromatic heterocycles. The summed E-state index contributed by atoms with van der Waals surface area (Å²) in [6.45, 7) is 3.44. The van der Waals surface area contributed by atoms with E-state index >= 15 is 0 Å². The van der Waals surface area contributed by atoms with Gasteiger partial charge in [0.25, 0.3) is 0 Å². The number of aliphatic hydroxyl groups excluding tert-OH is 1. The summed E-state index contributed by atoms with van der Waals surface area (Å²) in [5.74, 6) is -2.50. The van der Waals surface area contributed by atoms with Crippen molar-refractivity contribution >= 4 is 11.9 Å². The largest absolute Gasteiger partial charge is 0.481 e. The molecule has 0 fully saturated rings. The minimum absolute atomic E-state index is 0.167. The molecule has 0 heterocycles. The van der Waals surface area contributed by atoms with Crippen LogP contribution in [0.1, 0.15) is 20.3 Å². The van der Waals surface area contributed by atoms with E-state index in [9.17, 15) is 9.59 Å². The molecule has 0 rings (SSSR count). The van der Waals surface area contributed by atoms with Crippen molar-refractivity contribution in [2.75, 3.05) is 0 Å². The molecular weight excluding hydrogens is 178 g/mol. The minimum atomic E-state index is -1.29. The number of carboxylic acids is 2. The van der Waals surface area contributed by atoms with Gasteiger partial charge in [-0.15, -0.1) is 0 Å². The van der Waals surface area contributed by atoms with Gasteiger partial charge < -0.3 is 21.1 Å². The van der Waals surface area contributed by atoms with E-state index in [0.29, 0.717) is 0 Å². The molecule has 0 aliphatic rings. The number of hydrogen-bond donors (Lipinski definition) is 4. The van der Waals surface area contributed by atoms with E-state index in [0.717, 1.165) is 0 Å². The second-order valence-electron chi connectivity index (χ2n) is 2.64. The molecule has 13 heavy (non-hydrogen) atoms. The highest BCUT2D eigenvalue weighted by atomic mass is 16.4. The summed E-state index contributed by atoms with van der Waals surface area (Å²) in [7, 11) is 0. The van der Waals surface area contributed by atoms with Crippen LogP contribution >= 0.6 is 0 Å². The van der Waals surface area contributed by atoms with Gasteiger partial charge in [-0.2, -0.15) is 0 Å². The van der Waals surface area contributed by atoms with Gasteiger partial charge >= 0.3 is 11.9 Å². The molecule has 5 N–H and O–H groups in total. The second-order valence-corrected chi connectivity index (χ2v) is 2.64. The summed E-state index contributed by atoms with van der Waals surface area (Å²) in [5, 5.41) is 24.1. The molecule has 0 saturated carbocycles. The predicted octanol–water partition coefficient (Wildman–Crippen LogP) is -0.740. The quantitative estimate of drug-likeness (QED) is 0.468. The molecule has 0 aromatic carbocycles. The molecule has 1 atom stereocenters. The number of hydrogen-bond acceptors (Lipinski definition) is 4. The maximum atomic E-state index is 9.85. The van der Waals surface area contributed by atoms with Crippen LogP contribution in [0.5, 0.6) is 0 Å². The molecule has 0 aliphatic carbocycles. The van der Waals surface area contributed by atoms with Gasteiger partial charge in [-0.3, -0.25) is 9.59 Å². The number of nitrogens with two attached hydrogens (primary N) is 1. The smallest absolute Gasteiger partial charge is 0.321 e. The van der Waals surface area contributed by atoms with Crippen molar-refractivity contribution in [2.45, 2.75) is 32.4 Å². The Balaban J connectivity index is 0. The first-order valence-electron chi connectivity index (χ1n) is 3.65. The zero-order valence-electron chi connectivity index (χ0n) is 7.60. The highest BCUT2D eigenvalue weighted by molar-refractivity contribution is 5.80. The maximum absolute atomic E-state index is 9.85. The van der Waals surface area contributed by atoms with Gasteiger partial charge in [0.1, 0.15) is 6.04 Å². The zero-order valence-corrected chi connectivity index (χ0v) is 7.60. The summed E-state index contributed by atoms with van der Waals surface area (Å²) in [5.41, 5.74) is 4.84. The van der Waals surface area contributed by atoms with Crippen molar-refractivity contribution in [2.24, 2.45) is 5.73 Å². The lowest BCUT2D eigenvalue weighted by Gasteiger charge is -1.99. The average molecular weight is 193 g/mol. The lowest BCUT2D eigenvalue weighted by molar-refractivity contribution is -0.144. The van der Waals surface area contributed by atoms with Crippen LogP contribution in [0.2, 0.25) is 0 Å². The third-order valence-corrected chi connectivity index (χ3v) is 0.712. The lowest BCUT2D eigenvalue weighted by atomic mass is 10.2. The van der Waals surface area contributed by atoms with Crippen molar-refractivity contribution in [1.29, 1.82) is 0 Å². The van der Waals surface area contributed by atoms with Crippen LogP contribution in [0.15, 0.2) is 0 Å². The van der Waals surface area contributed by atoms with Crippen LogP contribution < -0.4 is 5.73 Å². The second kappa shape index (κ2) is 7.51. The van der Waals surface area contributed by atoms with Crippen molar-refractivity contribution in [3.63, 3.8) is 0 Å². The Kier molecular flexibility index (Phi) is 8.31. The summed E-state index contributed by atoms with van der Waals surface area (Å²) < 4.78 is 0. The summed E-state index contributed by atoms with van der Waals surface area (Å²) in [4.78, 5) is 19.6. The molecule has 0 aromatic rings. The highest BCUT2D eigenvalue weighted by Gasteiger charge is 2.14.